The minimum absolute atomic E-state index is 0.176. The molecule has 1 N–H and O–H groups in total. The maximum Gasteiger partial charge on any atom is 0.0474 e. The summed E-state index contributed by atoms with van der Waals surface area (Å²) in [5.41, 5.74) is 1.15. The van der Waals surface area contributed by atoms with Gasteiger partial charge in [-0.2, -0.15) is 0 Å². The lowest BCUT2D eigenvalue weighted by molar-refractivity contribution is 0.146. The van der Waals surface area contributed by atoms with Gasteiger partial charge in [0.15, 0.2) is 0 Å². The van der Waals surface area contributed by atoms with Crippen molar-refractivity contribution < 1.29 is 5.11 Å². The van der Waals surface area contributed by atoms with Gasteiger partial charge in [-0.05, 0) is 37.7 Å². The normalized spacial score (nSPS) is 15.3. The van der Waals surface area contributed by atoms with E-state index in [1.165, 1.54) is 0 Å². The van der Waals surface area contributed by atoms with Gasteiger partial charge in [-0.25, -0.2) is 0 Å². The molecule has 0 saturated carbocycles. The van der Waals surface area contributed by atoms with Crippen LogP contribution in [0, 0.1) is 5.92 Å². The predicted octanol–water partition coefficient (Wildman–Crippen LogP) is 2.57. The first-order chi connectivity index (χ1) is 7.06. The summed E-state index contributed by atoms with van der Waals surface area (Å²) in [5.74, 6) is 0.193. The molecule has 1 rings (SSSR count). The molecule has 1 aromatic rings. The highest BCUT2D eigenvalue weighted by Crippen LogP contribution is 2.27. The van der Waals surface area contributed by atoms with E-state index in [-0.39, 0.29) is 18.6 Å². The molecule has 0 amide bonds. The van der Waals surface area contributed by atoms with E-state index in [0.717, 1.165) is 10.6 Å². The highest BCUT2D eigenvalue weighted by Gasteiger charge is 2.20. The zero-order chi connectivity index (χ0) is 11.4. The maximum atomic E-state index is 9.23. The van der Waals surface area contributed by atoms with Crippen LogP contribution in [-0.4, -0.2) is 30.7 Å². The molecule has 0 fully saturated rings. The monoisotopic (exact) mass is 227 g/mol. The van der Waals surface area contributed by atoms with Crippen molar-refractivity contribution in [3.63, 3.8) is 0 Å². The van der Waals surface area contributed by atoms with Gasteiger partial charge >= 0.3 is 0 Å². The Kier molecular flexibility index (Phi) is 4.58. The lowest BCUT2D eigenvalue weighted by atomic mass is 9.94. The fourth-order valence-corrected chi connectivity index (χ4v) is 2.12. The average Bonchev–Trinajstić information content (AvgIpc) is 2.17. The molecule has 84 valence electrons. The molecule has 1 aromatic carbocycles. The molecular formula is C12H18ClNO. The standard InChI is InChI=1S/C12H18ClNO/c1-9(8-15)12(14(2)3)10-5-4-6-11(13)7-10/h4-7,9,12,15H,8H2,1-3H3. The number of halogens is 1. The number of aliphatic hydroxyl groups is 1. The Bertz CT molecular complexity index is 314. The van der Waals surface area contributed by atoms with Crippen molar-refractivity contribution in [3.05, 3.63) is 34.9 Å². The molecule has 15 heavy (non-hydrogen) atoms. The van der Waals surface area contributed by atoms with E-state index in [2.05, 4.69) is 4.90 Å². The lowest BCUT2D eigenvalue weighted by Gasteiger charge is -2.29. The zero-order valence-electron chi connectivity index (χ0n) is 9.44. The molecular weight excluding hydrogens is 210 g/mol. The largest absolute Gasteiger partial charge is 0.396 e. The van der Waals surface area contributed by atoms with Crippen molar-refractivity contribution >= 4 is 11.6 Å². The van der Waals surface area contributed by atoms with Crippen molar-refractivity contribution in [2.24, 2.45) is 5.92 Å². The van der Waals surface area contributed by atoms with Gasteiger partial charge in [0.05, 0.1) is 0 Å². The van der Waals surface area contributed by atoms with E-state index >= 15 is 0 Å². The van der Waals surface area contributed by atoms with Gasteiger partial charge in [0.2, 0.25) is 0 Å². The van der Waals surface area contributed by atoms with Gasteiger partial charge in [0.25, 0.3) is 0 Å². The smallest absolute Gasteiger partial charge is 0.0474 e. The number of benzene rings is 1. The van der Waals surface area contributed by atoms with Crippen LogP contribution in [0.25, 0.3) is 0 Å². The Labute approximate surface area is 96.5 Å². The van der Waals surface area contributed by atoms with E-state index in [1.807, 2.05) is 45.3 Å². The number of nitrogens with zero attached hydrogens (tertiary/aromatic N) is 1. The summed E-state index contributed by atoms with van der Waals surface area (Å²) in [6.07, 6.45) is 0. The van der Waals surface area contributed by atoms with Crippen LogP contribution in [0.15, 0.2) is 24.3 Å². The fourth-order valence-electron chi connectivity index (χ4n) is 1.93. The highest BCUT2D eigenvalue weighted by molar-refractivity contribution is 6.30. The summed E-state index contributed by atoms with van der Waals surface area (Å²) < 4.78 is 0. The van der Waals surface area contributed by atoms with Gasteiger partial charge in [0, 0.05) is 17.7 Å². The first-order valence-corrected chi connectivity index (χ1v) is 5.46. The van der Waals surface area contributed by atoms with Crippen molar-refractivity contribution in [3.8, 4) is 0 Å². The van der Waals surface area contributed by atoms with Crippen LogP contribution in [-0.2, 0) is 0 Å². The van der Waals surface area contributed by atoms with E-state index in [4.69, 9.17) is 11.6 Å². The van der Waals surface area contributed by atoms with Crippen LogP contribution in [0.3, 0.4) is 0 Å². The Balaban J connectivity index is 2.99. The van der Waals surface area contributed by atoms with Crippen molar-refractivity contribution in [2.75, 3.05) is 20.7 Å². The van der Waals surface area contributed by atoms with E-state index in [0.29, 0.717) is 0 Å². The van der Waals surface area contributed by atoms with Crippen LogP contribution in [0.1, 0.15) is 18.5 Å². The molecule has 3 heteroatoms. The molecule has 0 spiro atoms. The first-order valence-electron chi connectivity index (χ1n) is 5.09. The van der Waals surface area contributed by atoms with E-state index in [1.54, 1.807) is 0 Å². The Morgan fingerprint density at radius 2 is 2.07 bits per heavy atom. The highest BCUT2D eigenvalue weighted by atomic mass is 35.5. The first kappa shape index (κ1) is 12.5. The number of hydrogen-bond donors (Lipinski definition) is 1. The van der Waals surface area contributed by atoms with Crippen LogP contribution in [0.2, 0.25) is 5.02 Å². The molecule has 0 aliphatic heterocycles. The topological polar surface area (TPSA) is 23.5 Å². The van der Waals surface area contributed by atoms with E-state index < -0.39 is 0 Å². The number of aliphatic hydroxyl groups excluding tert-OH is 1. The molecule has 2 unspecified atom stereocenters. The molecule has 2 atom stereocenters. The SMILES string of the molecule is CC(CO)C(c1cccc(Cl)c1)N(C)C. The quantitative estimate of drug-likeness (QED) is 0.855. The second-order valence-corrected chi connectivity index (χ2v) is 4.56. The van der Waals surface area contributed by atoms with Gasteiger partial charge in [-0.1, -0.05) is 30.7 Å². The van der Waals surface area contributed by atoms with Crippen LogP contribution in [0.4, 0.5) is 0 Å². The second kappa shape index (κ2) is 5.50. The summed E-state index contributed by atoms with van der Waals surface area (Å²) in [4.78, 5) is 2.10. The van der Waals surface area contributed by atoms with Crippen LogP contribution >= 0.6 is 11.6 Å². The molecule has 0 radical (unpaired) electrons. The maximum absolute atomic E-state index is 9.23. The Hall–Kier alpha value is -0.570. The summed E-state index contributed by atoms with van der Waals surface area (Å²) >= 11 is 5.96. The Morgan fingerprint density at radius 3 is 2.53 bits per heavy atom. The Morgan fingerprint density at radius 1 is 1.40 bits per heavy atom. The summed E-state index contributed by atoms with van der Waals surface area (Å²) in [5, 5.41) is 9.97. The van der Waals surface area contributed by atoms with Gasteiger partial charge in [0.1, 0.15) is 0 Å². The molecule has 0 aliphatic carbocycles. The summed E-state index contributed by atoms with van der Waals surface area (Å²) in [6.45, 7) is 2.21. The van der Waals surface area contributed by atoms with E-state index in [9.17, 15) is 5.11 Å². The fraction of sp³-hybridized carbons (Fsp3) is 0.500. The minimum Gasteiger partial charge on any atom is -0.396 e. The van der Waals surface area contributed by atoms with Gasteiger partial charge in [-0.15, -0.1) is 0 Å². The lowest BCUT2D eigenvalue weighted by Crippen LogP contribution is -2.27. The second-order valence-electron chi connectivity index (χ2n) is 4.12. The average molecular weight is 228 g/mol. The number of rotatable bonds is 4. The molecule has 0 saturated heterocycles. The van der Waals surface area contributed by atoms with Crippen molar-refractivity contribution in [1.82, 2.24) is 4.90 Å². The van der Waals surface area contributed by atoms with Gasteiger partial charge in [-0.3, -0.25) is 0 Å². The molecule has 0 aromatic heterocycles. The van der Waals surface area contributed by atoms with Crippen molar-refractivity contribution in [2.45, 2.75) is 13.0 Å². The zero-order valence-corrected chi connectivity index (χ0v) is 10.2. The van der Waals surface area contributed by atoms with Crippen LogP contribution < -0.4 is 0 Å². The minimum atomic E-state index is 0.176. The van der Waals surface area contributed by atoms with Gasteiger partial charge < -0.3 is 10.0 Å². The third-order valence-corrected chi connectivity index (χ3v) is 2.81. The molecule has 0 heterocycles. The molecule has 0 aliphatic rings. The summed E-state index contributed by atoms with van der Waals surface area (Å²) in [7, 11) is 4.02. The number of hydrogen-bond acceptors (Lipinski definition) is 2. The molecule has 2 nitrogen and oxygen atoms in total. The molecule has 0 bridgehead atoms. The summed E-state index contributed by atoms with van der Waals surface area (Å²) in [6, 6.07) is 8.01. The third kappa shape index (κ3) is 3.20. The van der Waals surface area contributed by atoms with Crippen molar-refractivity contribution in [1.29, 1.82) is 0 Å². The van der Waals surface area contributed by atoms with Crippen LogP contribution in [0.5, 0.6) is 0 Å². The predicted molar refractivity (Wildman–Crippen MR) is 64.1 cm³/mol. The third-order valence-electron chi connectivity index (χ3n) is 2.57.